The van der Waals surface area contributed by atoms with Gasteiger partial charge in [-0.05, 0) is 65.8 Å². The summed E-state index contributed by atoms with van der Waals surface area (Å²) >= 11 is 8.50. The summed E-state index contributed by atoms with van der Waals surface area (Å²) in [5.74, 6) is 0.397. The maximum Gasteiger partial charge on any atom is 0.407 e. The second kappa shape index (κ2) is 17.7. The second-order valence-corrected chi connectivity index (χ2v) is 16.8. The largest absolute Gasteiger partial charge is 0.453 e. The Hall–Kier alpha value is -5.65. The van der Waals surface area contributed by atoms with Crippen molar-refractivity contribution in [2.75, 3.05) is 26.5 Å². The normalized spacial score (nSPS) is 19.9. The van der Waals surface area contributed by atoms with E-state index >= 15 is 0 Å². The molecule has 4 heterocycles. The number of amides is 3. The first-order valence-electron chi connectivity index (χ1n) is 20.0. The minimum Gasteiger partial charge on any atom is -0.453 e. The molecule has 3 aliphatic heterocycles. The van der Waals surface area contributed by atoms with Gasteiger partial charge in [0.1, 0.15) is 22.7 Å². The predicted octanol–water partition coefficient (Wildman–Crippen LogP) is 9.48. The van der Waals surface area contributed by atoms with Gasteiger partial charge in [-0.15, -0.1) is 0 Å². The highest BCUT2D eigenvalue weighted by molar-refractivity contribution is 7.99. The summed E-state index contributed by atoms with van der Waals surface area (Å²) in [5.41, 5.74) is 8.51. The Kier molecular flexibility index (Phi) is 12.0. The molecule has 2 saturated heterocycles. The van der Waals surface area contributed by atoms with Crippen molar-refractivity contribution in [3.05, 3.63) is 143 Å². The van der Waals surface area contributed by atoms with E-state index in [0.717, 1.165) is 58.4 Å². The van der Waals surface area contributed by atoms with Crippen molar-refractivity contribution < 1.29 is 19.1 Å². The molecule has 10 nitrogen and oxygen atoms in total. The Labute approximate surface area is 354 Å². The molecule has 2 N–H and O–H groups in total. The fraction of sp³-hybridized carbons (Fsp3) is 0.298. The molecule has 0 aliphatic carbocycles. The van der Waals surface area contributed by atoms with Crippen molar-refractivity contribution >= 4 is 52.6 Å². The minimum absolute atomic E-state index is 0.0978. The second-order valence-electron chi connectivity index (χ2n) is 15.3. The van der Waals surface area contributed by atoms with Crippen LogP contribution in [0.15, 0.2) is 120 Å². The van der Waals surface area contributed by atoms with Crippen molar-refractivity contribution in [1.29, 1.82) is 0 Å². The molecule has 8 rings (SSSR count). The number of rotatable bonds is 11. The number of aromatic amines is 1. The van der Waals surface area contributed by atoms with E-state index in [1.165, 1.54) is 7.11 Å². The van der Waals surface area contributed by atoms with Gasteiger partial charge < -0.3 is 24.8 Å². The van der Waals surface area contributed by atoms with Gasteiger partial charge in [-0.1, -0.05) is 121 Å². The molecule has 2 fully saturated rings. The van der Waals surface area contributed by atoms with Crippen LogP contribution >= 0.6 is 23.4 Å². The van der Waals surface area contributed by atoms with Crippen LogP contribution in [0.5, 0.6) is 0 Å². The molecule has 0 bridgehead atoms. The number of ether oxygens (including phenoxy) is 1. The van der Waals surface area contributed by atoms with E-state index in [-0.39, 0.29) is 35.1 Å². The van der Waals surface area contributed by atoms with Gasteiger partial charge >= 0.3 is 6.09 Å². The molecular formula is C47H47ClN6O4S. The SMILES string of the molecule is COC(=O)N[C@@H](C(=O)N1C[C@@H](SC)C[C@H]1C1=NC=C(c2ccc(-c3ccc(-c4nc([C@@H]5CCCN5C(=O)[C@H](C)c5ccccc5)[nH]c4Cl)cc3)cc2)C1)c1ccccc1. The van der Waals surface area contributed by atoms with Gasteiger partial charge in [-0.3, -0.25) is 14.6 Å². The van der Waals surface area contributed by atoms with Crippen LogP contribution in [0.25, 0.3) is 28.0 Å². The molecule has 3 aliphatic rings. The van der Waals surface area contributed by atoms with Gasteiger partial charge in [0.15, 0.2) is 0 Å². The number of imidazole rings is 1. The fourth-order valence-corrected chi connectivity index (χ4v) is 9.43. The van der Waals surface area contributed by atoms with E-state index < -0.39 is 12.1 Å². The van der Waals surface area contributed by atoms with Gasteiger partial charge in [0.25, 0.3) is 5.91 Å². The first kappa shape index (κ1) is 40.1. The van der Waals surface area contributed by atoms with E-state index in [9.17, 15) is 14.4 Å². The van der Waals surface area contributed by atoms with Crippen molar-refractivity contribution in [2.45, 2.75) is 61.9 Å². The molecule has 4 aromatic carbocycles. The summed E-state index contributed by atoms with van der Waals surface area (Å²) in [6, 6.07) is 34.6. The molecule has 1 aromatic heterocycles. The molecule has 3 amide bonds. The van der Waals surface area contributed by atoms with E-state index in [1.807, 2.05) is 95.7 Å². The molecule has 0 spiro atoms. The Morgan fingerprint density at radius 1 is 0.831 bits per heavy atom. The molecule has 5 atom stereocenters. The number of nitrogens with zero attached hydrogens (tertiary/aromatic N) is 4. The van der Waals surface area contributed by atoms with Crippen molar-refractivity contribution in [2.24, 2.45) is 4.99 Å². The number of hydrogen-bond donors (Lipinski definition) is 2. The maximum absolute atomic E-state index is 14.2. The number of aromatic nitrogens is 2. The smallest absolute Gasteiger partial charge is 0.407 e. The van der Waals surface area contributed by atoms with Crippen LogP contribution in [0.1, 0.15) is 73.1 Å². The van der Waals surface area contributed by atoms with Crippen LogP contribution < -0.4 is 5.32 Å². The van der Waals surface area contributed by atoms with Crippen LogP contribution in [0.3, 0.4) is 0 Å². The zero-order valence-electron chi connectivity index (χ0n) is 33.3. The standard InChI is InChI=1S/C47H47ClN6O4S/c1-29(30-11-6-4-7-12-30)45(55)53-24-10-15-39(53)44-50-41(43(48)52-44)35-22-20-32(21-23-35)31-16-18-33(19-17-31)36-25-38(49-27-36)40-26-37(59-3)28-54(40)46(56)42(51-47(57)58-2)34-13-8-5-9-14-34/h4-9,11-14,16-23,27,29,37,39-40,42H,10,15,24-26,28H2,1-3H3,(H,50,52)(H,51,57)/t29-,37+,39+,40+,42-/m1/s1. The number of benzene rings is 4. The van der Waals surface area contributed by atoms with E-state index in [1.54, 1.807) is 11.8 Å². The third kappa shape index (κ3) is 8.45. The number of thioether (sulfide) groups is 1. The van der Waals surface area contributed by atoms with E-state index in [0.29, 0.717) is 41.7 Å². The zero-order valence-corrected chi connectivity index (χ0v) is 34.9. The highest BCUT2D eigenvalue weighted by atomic mass is 35.5. The topological polar surface area (TPSA) is 120 Å². The van der Waals surface area contributed by atoms with Gasteiger partial charge in [0.05, 0.1) is 25.1 Å². The van der Waals surface area contributed by atoms with Gasteiger partial charge in [0, 0.05) is 42.2 Å². The van der Waals surface area contributed by atoms with Crippen LogP contribution in [0, 0.1) is 0 Å². The predicted molar refractivity (Wildman–Crippen MR) is 235 cm³/mol. The van der Waals surface area contributed by atoms with Crippen LogP contribution in [-0.2, 0) is 14.3 Å². The quantitative estimate of drug-likeness (QED) is 0.137. The maximum atomic E-state index is 14.2. The summed E-state index contributed by atoms with van der Waals surface area (Å²) in [6.45, 7) is 3.23. The number of carbonyl (C=O) groups is 3. The third-order valence-corrected chi connectivity index (χ3v) is 13.1. The number of alkyl carbamates (subject to hydrolysis) is 1. The summed E-state index contributed by atoms with van der Waals surface area (Å²) in [6.07, 6.45) is 6.50. The van der Waals surface area contributed by atoms with Crippen LogP contribution in [0.4, 0.5) is 4.79 Å². The summed E-state index contributed by atoms with van der Waals surface area (Å²) < 4.78 is 4.88. The van der Waals surface area contributed by atoms with Gasteiger partial charge in [0.2, 0.25) is 5.91 Å². The highest BCUT2D eigenvalue weighted by Crippen LogP contribution is 2.38. The first-order chi connectivity index (χ1) is 28.7. The number of carbonyl (C=O) groups excluding carboxylic acids is 3. The van der Waals surface area contributed by atoms with Crippen molar-refractivity contribution in [3.63, 3.8) is 0 Å². The van der Waals surface area contributed by atoms with Crippen molar-refractivity contribution in [1.82, 2.24) is 25.1 Å². The Morgan fingerprint density at radius 2 is 1.46 bits per heavy atom. The zero-order chi connectivity index (χ0) is 41.0. The van der Waals surface area contributed by atoms with Crippen LogP contribution in [0.2, 0.25) is 5.15 Å². The lowest BCUT2D eigenvalue weighted by Gasteiger charge is -2.29. The fourth-order valence-electron chi connectivity index (χ4n) is 8.49. The number of methoxy groups -OCH3 is 1. The number of nitrogens with one attached hydrogen (secondary N) is 2. The number of aliphatic imine (C=N–C) groups is 1. The lowest BCUT2D eigenvalue weighted by molar-refractivity contribution is -0.134. The van der Waals surface area contributed by atoms with E-state index in [4.69, 9.17) is 26.3 Å². The van der Waals surface area contributed by atoms with Gasteiger partial charge in [-0.2, -0.15) is 11.8 Å². The Balaban J connectivity index is 0.923. The minimum atomic E-state index is -0.870. The number of H-pyrrole nitrogens is 1. The molecule has 5 aromatic rings. The molecule has 59 heavy (non-hydrogen) atoms. The average Bonchev–Trinajstić information content (AvgIpc) is 4.12. The Bertz CT molecular complexity index is 2370. The summed E-state index contributed by atoms with van der Waals surface area (Å²) in [4.78, 5) is 57.0. The summed E-state index contributed by atoms with van der Waals surface area (Å²) in [7, 11) is 1.30. The molecule has 12 heteroatoms. The summed E-state index contributed by atoms with van der Waals surface area (Å²) in [5, 5.41) is 3.47. The first-order valence-corrected chi connectivity index (χ1v) is 21.7. The molecule has 302 valence electrons. The number of allylic oxidation sites excluding steroid dienone is 1. The van der Waals surface area contributed by atoms with Crippen molar-refractivity contribution in [3.8, 4) is 22.4 Å². The van der Waals surface area contributed by atoms with E-state index in [2.05, 4.69) is 53.0 Å². The third-order valence-electron chi connectivity index (χ3n) is 11.8. The number of halogens is 1. The average molecular weight is 827 g/mol. The lowest BCUT2D eigenvalue weighted by atomic mass is 9.96. The lowest BCUT2D eigenvalue weighted by Crippen LogP contribution is -2.47. The molecule has 0 saturated carbocycles. The molecular weight excluding hydrogens is 780 g/mol. The number of hydrogen-bond acceptors (Lipinski definition) is 7. The van der Waals surface area contributed by atoms with Crippen LogP contribution in [-0.4, -0.2) is 81.1 Å². The molecule has 0 radical (unpaired) electrons. The van der Waals surface area contributed by atoms with Gasteiger partial charge in [-0.25, -0.2) is 9.78 Å². The Morgan fingerprint density at radius 3 is 2.10 bits per heavy atom. The number of likely N-dealkylation sites (tertiary alicyclic amines) is 2. The molecule has 0 unspecified atom stereocenters. The highest BCUT2D eigenvalue weighted by Gasteiger charge is 2.42. The monoisotopic (exact) mass is 826 g/mol.